The molecule has 0 aliphatic carbocycles. The number of nitrogens with one attached hydrogen (secondary N) is 1. The van der Waals surface area contributed by atoms with E-state index in [2.05, 4.69) is 10.1 Å². The van der Waals surface area contributed by atoms with Gasteiger partial charge in [-0.15, -0.1) is 13.2 Å². The Hall–Kier alpha value is -1.44. The van der Waals surface area contributed by atoms with Gasteiger partial charge in [-0.25, -0.2) is 13.2 Å². The number of benzene rings is 1. The molecule has 1 N–H and O–H groups in total. The van der Waals surface area contributed by atoms with Crippen LogP contribution in [0.1, 0.15) is 0 Å². The third-order valence-corrected chi connectivity index (χ3v) is 1.69. The predicted octanol–water partition coefficient (Wildman–Crippen LogP) is 3.05. The molecule has 0 saturated carbocycles. The summed E-state index contributed by atoms with van der Waals surface area (Å²) in [6.07, 6.45) is -4.78. The summed E-state index contributed by atoms with van der Waals surface area (Å²) < 4.78 is 76.1. The van der Waals surface area contributed by atoms with Crippen LogP contribution in [0.5, 0.6) is 0 Å². The molecule has 0 aliphatic heterocycles. The topological polar surface area (TPSA) is 21.3 Å². The summed E-state index contributed by atoms with van der Waals surface area (Å²) in [6.45, 7) is -1.18. The Morgan fingerprint density at radius 1 is 1.00 bits per heavy atom. The summed E-state index contributed by atoms with van der Waals surface area (Å²) in [5, 5.41) is 2.15. The lowest BCUT2D eigenvalue weighted by molar-refractivity contribution is -0.322. The summed E-state index contributed by atoms with van der Waals surface area (Å²) in [7, 11) is 0. The highest BCUT2D eigenvalue weighted by Crippen LogP contribution is 2.19. The Morgan fingerprint density at radius 2 is 1.59 bits per heavy atom. The zero-order valence-electron chi connectivity index (χ0n) is 8.24. The molecule has 0 bridgehead atoms. The van der Waals surface area contributed by atoms with E-state index in [-0.39, 0.29) is 0 Å². The van der Waals surface area contributed by atoms with Crippen molar-refractivity contribution in [3.63, 3.8) is 0 Å². The first-order valence-electron chi connectivity index (χ1n) is 4.38. The van der Waals surface area contributed by atoms with Gasteiger partial charge in [0, 0.05) is 18.7 Å². The van der Waals surface area contributed by atoms with Gasteiger partial charge < -0.3 is 5.32 Å². The normalized spacial score (nSPS) is 11.6. The second kappa shape index (κ2) is 5.26. The molecule has 0 radical (unpaired) electrons. The molecule has 0 aliphatic rings. The molecule has 96 valence electrons. The number of ether oxygens (including phenoxy) is 1. The van der Waals surface area contributed by atoms with Crippen molar-refractivity contribution in [1.29, 1.82) is 0 Å². The Morgan fingerprint density at radius 3 is 2.18 bits per heavy atom. The van der Waals surface area contributed by atoms with Crippen LogP contribution in [0.3, 0.4) is 0 Å². The molecule has 0 spiro atoms. The molecule has 8 heteroatoms. The SMILES string of the molecule is Fc1cc(F)c(NCCOC(F)(F)F)cc1F. The highest BCUT2D eigenvalue weighted by atomic mass is 19.4. The van der Waals surface area contributed by atoms with E-state index in [1.165, 1.54) is 0 Å². The van der Waals surface area contributed by atoms with Gasteiger partial charge in [-0.2, -0.15) is 0 Å². The number of alkyl halides is 3. The van der Waals surface area contributed by atoms with Crippen LogP contribution in [0.2, 0.25) is 0 Å². The van der Waals surface area contributed by atoms with Crippen LogP contribution >= 0.6 is 0 Å². The van der Waals surface area contributed by atoms with Gasteiger partial charge in [-0.1, -0.05) is 0 Å². The van der Waals surface area contributed by atoms with Crippen molar-refractivity contribution >= 4 is 5.69 Å². The van der Waals surface area contributed by atoms with Gasteiger partial charge in [0.05, 0.1) is 12.3 Å². The summed E-state index contributed by atoms with van der Waals surface area (Å²) in [5.41, 5.74) is -0.435. The predicted molar refractivity (Wildman–Crippen MR) is 46.8 cm³/mol. The smallest absolute Gasteiger partial charge is 0.380 e. The zero-order chi connectivity index (χ0) is 13.1. The van der Waals surface area contributed by atoms with Crippen molar-refractivity contribution < 1.29 is 31.1 Å². The Kier molecular flexibility index (Phi) is 4.22. The van der Waals surface area contributed by atoms with E-state index in [1.54, 1.807) is 0 Å². The van der Waals surface area contributed by atoms with Gasteiger partial charge in [0.25, 0.3) is 0 Å². The van der Waals surface area contributed by atoms with Crippen molar-refractivity contribution in [2.24, 2.45) is 0 Å². The van der Waals surface area contributed by atoms with Gasteiger partial charge >= 0.3 is 6.36 Å². The van der Waals surface area contributed by atoms with Gasteiger partial charge in [0.1, 0.15) is 5.82 Å². The molecule has 0 heterocycles. The first-order valence-corrected chi connectivity index (χ1v) is 4.38. The lowest BCUT2D eigenvalue weighted by Gasteiger charge is -2.10. The number of hydrogen-bond donors (Lipinski definition) is 1. The minimum absolute atomic E-state index is 0.294. The maximum absolute atomic E-state index is 13.0. The van der Waals surface area contributed by atoms with E-state index < -0.39 is 42.7 Å². The average Bonchev–Trinajstić information content (AvgIpc) is 2.18. The van der Waals surface area contributed by atoms with E-state index in [0.717, 1.165) is 0 Å². The van der Waals surface area contributed by atoms with Crippen LogP contribution in [-0.4, -0.2) is 19.5 Å². The number of rotatable bonds is 4. The molecular weight excluding hydrogens is 252 g/mol. The molecule has 17 heavy (non-hydrogen) atoms. The summed E-state index contributed by atoms with van der Waals surface area (Å²) in [6, 6.07) is 0.806. The third-order valence-electron chi connectivity index (χ3n) is 1.69. The lowest BCUT2D eigenvalue weighted by Crippen LogP contribution is -2.19. The van der Waals surface area contributed by atoms with Gasteiger partial charge in [-0.05, 0) is 0 Å². The largest absolute Gasteiger partial charge is 0.522 e. The minimum Gasteiger partial charge on any atom is -0.380 e. The molecule has 0 aromatic heterocycles. The van der Waals surface area contributed by atoms with Crippen molar-refractivity contribution in [1.82, 2.24) is 0 Å². The maximum atomic E-state index is 13.0. The van der Waals surface area contributed by atoms with Gasteiger partial charge in [-0.3, -0.25) is 4.74 Å². The first-order chi connectivity index (χ1) is 7.79. The van der Waals surface area contributed by atoms with Crippen molar-refractivity contribution in [2.45, 2.75) is 6.36 Å². The van der Waals surface area contributed by atoms with E-state index >= 15 is 0 Å². The van der Waals surface area contributed by atoms with E-state index in [9.17, 15) is 26.3 Å². The van der Waals surface area contributed by atoms with E-state index in [1.807, 2.05) is 0 Å². The Bertz CT molecular complexity index is 392. The molecule has 0 amide bonds. The van der Waals surface area contributed by atoms with Gasteiger partial charge in [0.15, 0.2) is 11.6 Å². The standard InChI is InChI=1S/C9H7F6NO/c10-5-3-7(12)8(4-6(5)11)16-1-2-17-9(13,14)15/h3-4,16H,1-2H2. The fourth-order valence-electron chi connectivity index (χ4n) is 1.01. The van der Waals surface area contributed by atoms with Crippen molar-refractivity contribution in [3.05, 3.63) is 29.6 Å². The van der Waals surface area contributed by atoms with Crippen molar-refractivity contribution in [2.75, 3.05) is 18.5 Å². The number of halogens is 6. The molecule has 1 aromatic rings. The van der Waals surface area contributed by atoms with Crippen LogP contribution in [0.4, 0.5) is 32.0 Å². The van der Waals surface area contributed by atoms with Crippen LogP contribution in [-0.2, 0) is 4.74 Å². The first kappa shape index (κ1) is 13.6. The van der Waals surface area contributed by atoms with E-state index in [0.29, 0.717) is 12.1 Å². The minimum atomic E-state index is -4.78. The van der Waals surface area contributed by atoms with Crippen LogP contribution in [0, 0.1) is 17.5 Å². The maximum Gasteiger partial charge on any atom is 0.522 e. The number of hydrogen-bond acceptors (Lipinski definition) is 2. The molecule has 0 fully saturated rings. The molecule has 1 rings (SSSR count). The third kappa shape index (κ3) is 4.51. The summed E-state index contributed by atoms with van der Waals surface area (Å²) in [5.74, 6) is -3.78. The monoisotopic (exact) mass is 259 g/mol. The highest BCUT2D eigenvalue weighted by molar-refractivity contribution is 5.45. The summed E-state index contributed by atoms with van der Waals surface area (Å²) >= 11 is 0. The van der Waals surface area contributed by atoms with Crippen LogP contribution in [0.25, 0.3) is 0 Å². The molecule has 2 nitrogen and oxygen atoms in total. The second-order valence-corrected chi connectivity index (χ2v) is 2.97. The summed E-state index contributed by atoms with van der Waals surface area (Å²) in [4.78, 5) is 0. The van der Waals surface area contributed by atoms with Gasteiger partial charge in [0.2, 0.25) is 0 Å². The zero-order valence-corrected chi connectivity index (χ0v) is 8.24. The molecule has 0 saturated heterocycles. The van der Waals surface area contributed by atoms with Crippen LogP contribution < -0.4 is 5.32 Å². The van der Waals surface area contributed by atoms with Crippen LogP contribution in [0.15, 0.2) is 12.1 Å². The Labute approximate surface area is 92.2 Å². The quantitative estimate of drug-likeness (QED) is 0.509. The second-order valence-electron chi connectivity index (χ2n) is 2.97. The number of anilines is 1. The fourth-order valence-corrected chi connectivity index (χ4v) is 1.01. The molecule has 0 atom stereocenters. The van der Waals surface area contributed by atoms with Crippen molar-refractivity contribution in [3.8, 4) is 0 Å². The molecule has 1 aromatic carbocycles. The molecule has 0 unspecified atom stereocenters. The van der Waals surface area contributed by atoms with E-state index in [4.69, 9.17) is 0 Å². The molecular formula is C9H7F6NO. The Balaban J connectivity index is 2.50. The highest BCUT2D eigenvalue weighted by Gasteiger charge is 2.28. The lowest BCUT2D eigenvalue weighted by atomic mass is 10.3. The fraction of sp³-hybridized carbons (Fsp3) is 0.333. The average molecular weight is 259 g/mol.